The quantitative estimate of drug-likeness (QED) is 0.607. The molecule has 0 saturated carbocycles. The second-order valence-corrected chi connectivity index (χ2v) is 5.48. The Morgan fingerprint density at radius 3 is 2.94 bits per heavy atom. The van der Waals surface area contributed by atoms with Gasteiger partial charge in [0.2, 0.25) is 0 Å². The van der Waals surface area contributed by atoms with Crippen LogP contribution in [0.3, 0.4) is 0 Å². The molecule has 4 N–H and O–H groups in total. The molecule has 1 aromatic heterocycles. The van der Waals surface area contributed by atoms with Crippen molar-refractivity contribution < 1.29 is 9.88 Å². The number of fused-ring (bicyclic) bond motifs is 2. The second-order valence-electron chi connectivity index (χ2n) is 5.48. The molecule has 0 fully saturated rings. The molecule has 3 rings (SSSR count). The van der Waals surface area contributed by atoms with Crippen molar-refractivity contribution in [1.82, 2.24) is 0 Å². The molecule has 17 heavy (non-hydrogen) atoms. The van der Waals surface area contributed by atoms with Crippen LogP contribution in [0.15, 0.2) is 0 Å². The van der Waals surface area contributed by atoms with Gasteiger partial charge in [-0.05, 0) is 12.8 Å². The van der Waals surface area contributed by atoms with Gasteiger partial charge in [0, 0.05) is 0 Å². The van der Waals surface area contributed by atoms with Crippen LogP contribution in [-0.2, 0) is 19.4 Å². The number of likely N-dealkylation sites (N-methyl/N-ethyl adjacent to an activating group) is 1. The summed E-state index contributed by atoms with van der Waals surface area (Å²) in [4.78, 5) is 7.49. The van der Waals surface area contributed by atoms with Gasteiger partial charge in [-0.25, -0.2) is 4.98 Å². The van der Waals surface area contributed by atoms with Gasteiger partial charge in [-0.2, -0.15) is 0 Å². The Bertz CT molecular complexity index is 455. The first-order valence-corrected chi connectivity index (χ1v) is 6.54. The predicted molar refractivity (Wildman–Crippen MR) is 68.2 cm³/mol. The van der Waals surface area contributed by atoms with Gasteiger partial charge in [-0.1, -0.05) is 0 Å². The fourth-order valence-corrected chi connectivity index (χ4v) is 3.09. The van der Waals surface area contributed by atoms with Crippen LogP contribution in [0.2, 0.25) is 0 Å². The molecule has 3 heterocycles. The Morgan fingerprint density at radius 2 is 2.12 bits per heavy atom. The largest absolute Gasteiger partial charge is 0.398 e. The third-order valence-corrected chi connectivity index (χ3v) is 4.15. The minimum Gasteiger partial charge on any atom is -0.398 e. The van der Waals surface area contributed by atoms with E-state index in [0.29, 0.717) is 0 Å². The van der Waals surface area contributed by atoms with Crippen LogP contribution < -0.4 is 20.5 Å². The molecular formula is C13H22N4+2. The SMILES string of the molecule is CN1CCCc2c1[nH+]c1c(c2N)C[NH+](C)CC1. The van der Waals surface area contributed by atoms with E-state index < -0.39 is 0 Å². The number of H-pyrrole nitrogens is 1. The minimum absolute atomic E-state index is 1.05. The molecule has 2 aliphatic heterocycles. The molecule has 0 bridgehead atoms. The van der Waals surface area contributed by atoms with Crippen LogP contribution in [-0.4, -0.2) is 27.2 Å². The van der Waals surface area contributed by atoms with Crippen molar-refractivity contribution >= 4 is 11.5 Å². The zero-order valence-corrected chi connectivity index (χ0v) is 10.8. The average Bonchev–Trinajstić information content (AvgIpc) is 2.32. The summed E-state index contributed by atoms with van der Waals surface area (Å²) in [5, 5.41) is 0. The first-order valence-electron chi connectivity index (χ1n) is 6.54. The summed E-state index contributed by atoms with van der Waals surface area (Å²) in [5.41, 5.74) is 11.5. The van der Waals surface area contributed by atoms with Crippen LogP contribution in [0.25, 0.3) is 0 Å². The van der Waals surface area contributed by atoms with Crippen molar-refractivity contribution in [3.8, 4) is 0 Å². The molecule has 1 aromatic rings. The highest BCUT2D eigenvalue weighted by Gasteiger charge is 2.31. The van der Waals surface area contributed by atoms with E-state index in [1.807, 2.05) is 0 Å². The Labute approximate surface area is 102 Å². The van der Waals surface area contributed by atoms with Crippen LogP contribution in [0.5, 0.6) is 0 Å². The lowest BCUT2D eigenvalue weighted by atomic mass is 9.96. The summed E-state index contributed by atoms with van der Waals surface area (Å²) >= 11 is 0. The van der Waals surface area contributed by atoms with Crippen molar-refractivity contribution in [2.45, 2.75) is 25.8 Å². The number of aromatic nitrogens is 1. The molecule has 4 nitrogen and oxygen atoms in total. The van der Waals surface area contributed by atoms with E-state index in [1.54, 1.807) is 4.90 Å². The van der Waals surface area contributed by atoms with E-state index >= 15 is 0 Å². The normalized spacial score (nSPS) is 23.2. The van der Waals surface area contributed by atoms with E-state index in [2.05, 4.69) is 24.0 Å². The zero-order valence-electron chi connectivity index (χ0n) is 10.8. The molecule has 92 valence electrons. The molecule has 0 aliphatic carbocycles. The minimum atomic E-state index is 1.05. The summed E-state index contributed by atoms with van der Waals surface area (Å²) in [6, 6.07) is 0. The summed E-state index contributed by atoms with van der Waals surface area (Å²) < 4.78 is 0. The summed E-state index contributed by atoms with van der Waals surface area (Å²) in [5.74, 6) is 1.26. The van der Waals surface area contributed by atoms with Gasteiger partial charge in [-0.15, -0.1) is 0 Å². The van der Waals surface area contributed by atoms with Crippen LogP contribution in [0, 0.1) is 0 Å². The lowest BCUT2D eigenvalue weighted by Gasteiger charge is -2.27. The van der Waals surface area contributed by atoms with E-state index in [1.165, 1.54) is 35.6 Å². The van der Waals surface area contributed by atoms with Gasteiger partial charge in [0.15, 0.2) is 0 Å². The zero-order chi connectivity index (χ0) is 12.0. The van der Waals surface area contributed by atoms with Crippen molar-refractivity contribution in [2.24, 2.45) is 0 Å². The van der Waals surface area contributed by atoms with Crippen LogP contribution >= 0.6 is 0 Å². The highest BCUT2D eigenvalue weighted by atomic mass is 15.2. The molecular weight excluding hydrogens is 212 g/mol. The maximum absolute atomic E-state index is 6.39. The predicted octanol–water partition coefficient (Wildman–Crippen LogP) is -0.964. The van der Waals surface area contributed by atoms with E-state index in [4.69, 9.17) is 5.73 Å². The van der Waals surface area contributed by atoms with Crippen LogP contribution in [0.1, 0.15) is 23.2 Å². The van der Waals surface area contributed by atoms with Crippen molar-refractivity contribution in [2.75, 3.05) is 37.8 Å². The third kappa shape index (κ3) is 1.67. The first-order chi connectivity index (χ1) is 8.16. The molecule has 0 aromatic carbocycles. The lowest BCUT2D eigenvalue weighted by Crippen LogP contribution is -3.08. The molecule has 1 unspecified atom stereocenters. The van der Waals surface area contributed by atoms with E-state index in [9.17, 15) is 0 Å². The molecule has 1 atom stereocenters. The van der Waals surface area contributed by atoms with Gasteiger partial charge in [0.25, 0.3) is 5.82 Å². The molecule has 0 spiro atoms. The number of nitrogens with one attached hydrogen (secondary N) is 2. The number of quaternary nitrogens is 1. The number of anilines is 2. The number of pyridine rings is 1. The molecule has 0 saturated heterocycles. The number of rotatable bonds is 0. The third-order valence-electron chi connectivity index (χ3n) is 4.15. The number of nitrogens with zero attached hydrogens (tertiary/aromatic N) is 1. The Hall–Kier alpha value is -1.29. The first kappa shape index (κ1) is 10.8. The van der Waals surface area contributed by atoms with E-state index in [0.717, 1.165) is 31.6 Å². The topological polar surface area (TPSA) is 47.8 Å². The Balaban J connectivity index is 2.14. The van der Waals surface area contributed by atoms with Gasteiger partial charge in [-0.3, -0.25) is 4.90 Å². The Morgan fingerprint density at radius 1 is 1.29 bits per heavy atom. The number of hydrogen-bond donors (Lipinski definition) is 2. The molecule has 0 amide bonds. The van der Waals surface area contributed by atoms with E-state index in [-0.39, 0.29) is 0 Å². The lowest BCUT2D eigenvalue weighted by molar-refractivity contribution is -0.896. The average molecular weight is 234 g/mol. The number of aromatic amines is 1. The van der Waals surface area contributed by atoms with Crippen LogP contribution in [0.4, 0.5) is 11.5 Å². The van der Waals surface area contributed by atoms with Gasteiger partial charge < -0.3 is 10.6 Å². The number of hydrogen-bond acceptors (Lipinski definition) is 2. The smallest absolute Gasteiger partial charge is 0.279 e. The fraction of sp³-hybridized carbons (Fsp3) is 0.615. The monoisotopic (exact) mass is 234 g/mol. The second kappa shape index (κ2) is 3.88. The maximum atomic E-state index is 6.39. The molecule has 2 aliphatic rings. The highest BCUT2D eigenvalue weighted by molar-refractivity contribution is 5.63. The van der Waals surface area contributed by atoms with Crippen molar-refractivity contribution in [3.05, 3.63) is 16.8 Å². The summed E-state index contributed by atoms with van der Waals surface area (Å²) in [7, 11) is 4.40. The van der Waals surface area contributed by atoms with Gasteiger partial charge >= 0.3 is 0 Å². The fourth-order valence-electron chi connectivity index (χ4n) is 3.09. The number of nitrogen functional groups attached to an aromatic ring is 1. The standard InChI is InChI=1S/C13H20N4/c1-16-7-5-11-10(8-16)12(14)9-4-3-6-17(2)13(9)15-11/h3-8H2,1-2H3,(H2,14,15)/p+2. The molecule has 4 heteroatoms. The molecule has 0 radical (unpaired) electrons. The maximum Gasteiger partial charge on any atom is 0.279 e. The Kier molecular flexibility index (Phi) is 2.47. The van der Waals surface area contributed by atoms with Crippen molar-refractivity contribution in [3.63, 3.8) is 0 Å². The highest BCUT2D eigenvalue weighted by Crippen LogP contribution is 2.30. The van der Waals surface area contributed by atoms with Gasteiger partial charge in [0.05, 0.1) is 50.4 Å². The van der Waals surface area contributed by atoms with Gasteiger partial charge in [0.1, 0.15) is 12.2 Å². The van der Waals surface area contributed by atoms with Crippen molar-refractivity contribution in [1.29, 1.82) is 0 Å². The summed E-state index contributed by atoms with van der Waals surface area (Å²) in [6.07, 6.45) is 3.45. The number of nitrogens with two attached hydrogens (primary N) is 1. The summed E-state index contributed by atoms with van der Waals surface area (Å²) in [6.45, 7) is 3.40.